The second kappa shape index (κ2) is 10.4. The lowest BCUT2D eigenvalue weighted by molar-refractivity contribution is -0.120. The minimum absolute atomic E-state index is 0.00671. The third-order valence-electron chi connectivity index (χ3n) is 6.95. The molecule has 0 saturated carbocycles. The molecule has 10 heteroatoms. The first-order chi connectivity index (χ1) is 16.7. The monoisotopic (exact) mass is 516 g/mol. The first-order valence-electron chi connectivity index (χ1n) is 11.6. The summed E-state index contributed by atoms with van der Waals surface area (Å²) >= 11 is 0. The number of carbonyl (C=O) groups excluding carboxylic acids is 1. The number of carbonyl (C=O) groups is 1. The highest BCUT2D eigenvalue weighted by molar-refractivity contribution is 5.79. The highest BCUT2D eigenvalue weighted by Gasteiger charge is 2.47. The van der Waals surface area contributed by atoms with Gasteiger partial charge in [-0.05, 0) is 56.4 Å². The Labute approximate surface area is 206 Å². The number of rotatable bonds is 7. The zero-order valence-corrected chi connectivity index (χ0v) is 20.2. The summed E-state index contributed by atoms with van der Waals surface area (Å²) in [6.45, 7) is 6.31. The van der Waals surface area contributed by atoms with E-state index in [1.807, 2.05) is 30.3 Å². The molecule has 1 amide bonds. The van der Waals surface area contributed by atoms with Crippen molar-refractivity contribution in [1.29, 1.82) is 0 Å². The van der Waals surface area contributed by atoms with Gasteiger partial charge in [0.25, 0.3) is 0 Å². The zero-order valence-electron chi connectivity index (χ0n) is 20.2. The lowest BCUT2D eigenvalue weighted by atomic mass is 9.76. The van der Waals surface area contributed by atoms with Crippen molar-refractivity contribution in [3.05, 3.63) is 71.3 Å². The number of hydrogen-bond acceptors (Lipinski definition) is 3. The third-order valence-corrected chi connectivity index (χ3v) is 6.95. The summed E-state index contributed by atoms with van der Waals surface area (Å²) in [6, 6.07) is 9.46. The molecule has 0 aliphatic carbocycles. The number of hydrogen-bond donors (Lipinski definition) is 2. The van der Waals surface area contributed by atoms with Gasteiger partial charge in [0.2, 0.25) is 5.91 Å². The van der Waals surface area contributed by atoms with Crippen LogP contribution < -0.4 is 10.6 Å². The highest BCUT2D eigenvalue weighted by Crippen LogP contribution is 2.39. The van der Waals surface area contributed by atoms with Gasteiger partial charge in [-0.2, -0.15) is 26.3 Å². The van der Waals surface area contributed by atoms with Gasteiger partial charge in [0.15, 0.2) is 0 Å². The van der Waals surface area contributed by atoms with Crippen LogP contribution in [0.3, 0.4) is 0 Å². The van der Waals surface area contributed by atoms with Gasteiger partial charge in [-0.25, -0.2) is 0 Å². The van der Waals surface area contributed by atoms with Crippen LogP contribution in [0.5, 0.6) is 0 Å². The summed E-state index contributed by atoms with van der Waals surface area (Å²) in [5.41, 5.74) is -2.99. The van der Waals surface area contributed by atoms with Gasteiger partial charge in [0.1, 0.15) is 0 Å². The molecule has 0 bridgehead atoms. The molecule has 1 aromatic carbocycles. The van der Waals surface area contributed by atoms with Crippen LogP contribution in [0.2, 0.25) is 0 Å². The maximum Gasteiger partial charge on any atom is 0.416 e. The smallest absolute Gasteiger partial charge is 0.372 e. The van der Waals surface area contributed by atoms with Crippen LogP contribution in [0.1, 0.15) is 45.1 Å². The molecular weight excluding hydrogens is 486 g/mol. The van der Waals surface area contributed by atoms with E-state index in [-0.39, 0.29) is 29.7 Å². The molecule has 0 aromatic heterocycles. The first kappa shape index (κ1) is 28.0. The highest BCUT2D eigenvalue weighted by atomic mass is 19.4. The van der Waals surface area contributed by atoms with Crippen LogP contribution in [0.15, 0.2) is 65.8 Å². The van der Waals surface area contributed by atoms with Crippen molar-refractivity contribution in [1.82, 2.24) is 10.6 Å². The van der Waals surface area contributed by atoms with Crippen molar-refractivity contribution in [2.75, 3.05) is 13.2 Å². The number of ether oxygens (including phenoxy) is 1. The molecule has 1 aromatic rings. The van der Waals surface area contributed by atoms with Crippen molar-refractivity contribution in [3.63, 3.8) is 0 Å². The van der Waals surface area contributed by atoms with Gasteiger partial charge in [-0.1, -0.05) is 36.9 Å². The molecule has 2 N–H and O–H groups in total. The lowest BCUT2D eigenvalue weighted by Crippen LogP contribution is -2.61. The number of nitrogens with one attached hydrogen (secondary N) is 2. The van der Waals surface area contributed by atoms with E-state index in [4.69, 9.17) is 4.74 Å². The summed E-state index contributed by atoms with van der Waals surface area (Å²) < 4.78 is 84.7. The van der Waals surface area contributed by atoms with Gasteiger partial charge in [-0.15, -0.1) is 0 Å². The van der Waals surface area contributed by atoms with E-state index in [1.54, 1.807) is 0 Å². The van der Waals surface area contributed by atoms with Crippen LogP contribution in [0, 0.1) is 0 Å². The molecule has 198 valence electrons. The molecule has 2 fully saturated rings. The van der Waals surface area contributed by atoms with Gasteiger partial charge >= 0.3 is 12.4 Å². The normalized spacial score (nSPS) is 26.7. The molecule has 4 nitrogen and oxygen atoms in total. The number of halogens is 6. The Morgan fingerprint density at radius 1 is 1.08 bits per heavy atom. The summed E-state index contributed by atoms with van der Waals surface area (Å²) in [4.78, 5) is 11.8. The average molecular weight is 517 g/mol. The fourth-order valence-corrected chi connectivity index (χ4v) is 4.48. The van der Waals surface area contributed by atoms with Crippen LogP contribution >= 0.6 is 0 Å². The Morgan fingerprint density at radius 3 is 2.25 bits per heavy atom. The zero-order chi connectivity index (χ0) is 26.8. The number of alkyl halides is 6. The largest absolute Gasteiger partial charge is 0.416 e. The first-order valence-corrected chi connectivity index (χ1v) is 11.6. The summed E-state index contributed by atoms with van der Waals surface area (Å²) in [7, 11) is 0. The quantitative estimate of drug-likeness (QED) is 0.352. The Hall–Kier alpha value is -2.59. The fraction of sp³-hybridized carbons (Fsp3) is 0.500. The van der Waals surface area contributed by atoms with Gasteiger partial charge < -0.3 is 15.4 Å². The number of benzene rings is 1. The second-order valence-electron chi connectivity index (χ2n) is 9.58. The van der Waals surface area contributed by atoms with Gasteiger partial charge in [0.05, 0.1) is 29.4 Å². The second-order valence-corrected chi connectivity index (χ2v) is 9.58. The minimum atomic E-state index is -4.99. The molecular formula is C26H30F6N2O2. The Morgan fingerprint density at radius 2 is 1.75 bits per heavy atom. The Balaban J connectivity index is 1.77. The molecule has 2 heterocycles. The van der Waals surface area contributed by atoms with E-state index in [0.29, 0.717) is 45.2 Å². The standard InChI is InChI=1S/C26H30F6N2O2/c1-17(13-21(26(30,31)32)14-18(2)25(27,28)29)19(3)36-16-24(20-7-5-4-6-8-20)12-11-23(15-33-24)10-9-22(35)34-23/h4-8,13-14,19,33H,1,9-12,15-16H2,2-3H3,(H,34,35)/b18-14+,21-13+/t19-,23-,24-/m1/s1. The lowest BCUT2D eigenvalue weighted by Gasteiger charge is -2.46. The van der Waals surface area contributed by atoms with Crippen LogP contribution in [0.25, 0.3) is 0 Å². The van der Waals surface area contributed by atoms with Crippen molar-refractivity contribution in [2.24, 2.45) is 0 Å². The van der Waals surface area contributed by atoms with Crippen molar-refractivity contribution in [3.8, 4) is 0 Å². The van der Waals surface area contributed by atoms with Gasteiger partial charge in [0, 0.05) is 18.5 Å². The predicted molar refractivity (Wildman–Crippen MR) is 124 cm³/mol. The predicted octanol–water partition coefficient (Wildman–Crippen LogP) is 5.87. The number of allylic oxidation sites excluding steroid dienone is 3. The van der Waals surface area contributed by atoms with Crippen molar-refractivity contribution in [2.45, 2.75) is 69.1 Å². The van der Waals surface area contributed by atoms with E-state index < -0.39 is 35.1 Å². The molecule has 0 unspecified atom stereocenters. The fourth-order valence-electron chi connectivity index (χ4n) is 4.48. The summed E-state index contributed by atoms with van der Waals surface area (Å²) in [5.74, 6) is 0.00671. The minimum Gasteiger partial charge on any atom is -0.372 e. The van der Waals surface area contributed by atoms with Crippen LogP contribution in [-0.4, -0.2) is 43.1 Å². The van der Waals surface area contributed by atoms with E-state index in [1.165, 1.54) is 6.92 Å². The van der Waals surface area contributed by atoms with E-state index >= 15 is 0 Å². The van der Waals surface area contributed by atoms with Crippen LogP contribution in [-0.2, 0) is 15.1 Å². The number of piperidine rings is 1. The molecule has 3 atom stereocenters. The molecule has 36 heavy (non-hydrogen) atoms. The van der Waals surface area contributed by atoms with Crippen LogP contribution in [0.4, 0.5) is 26.3 Å². The van der Waals surface area contributed by atoms with Gasteiger partial charge in [-0.3, -0.25) is 4.79 Å². The van der Waals surface area contributed by atoms with Crippen molar-refractivity contribution < 1.29 is 35.9 Å². The molecule has 0 radical (unpaired) electrons. The van der Waals surface area contributed by atoms with E-state index in [0.717, 1.165) is 5.56 Å². The third kappa shape index (κ3) is 6.59. The molecule has 1 spiro atoms. The summed E-state index contributed by atoms with van der Waals surface area (Å²) in [6.07, 6.45) is -7.63. The molecule has 3 rings (SSSR count). The van der Waals surface area contributed by atoms with Crippen molar-refractivity contribution >= 4 is 5.91 Å². The van der Waals surface area contributed by atoms with E-state index in [2.05, 4.69) is 17.2 Å². The number of amides is 1. The summed E-state index contributed by atoms with van der Waals surface area (Å²) in [5, 5.41) is 6.55. The maximum atomic E-state index is 13.4. The topological polar surface area (TPSA) is 50.4 Å². The van der Waals surface area contributed by atoms with E-state index in [9.17, 15) is 31.1 Å². The average Bonchev–Trinajstić information content (AvgIpc) is 3.17. The molecule has 2 saturated heterocycles. The molecule has 2 aliphatic rings. The SMILES string of the molecule is C=C(/C=C(\C=C(/C)C(F)(F)F)C(F)(F)F)[C@@H](C)OC[C@@]1(c2ccccc2)CC[C@]2(CCC(=O)N2)CN1. The Kier molecular flexibility index (Phi) is 8.10. The maximum absolute atomic E-state index is 13.4. The molecule has 2 aliphatic heterocycles. The Bertz CT molecular complexity index is 1020.